The highest BCUT2D eigenvalue weighted by Crippen LogP contribution is 2.19. The largest absolute Gasteiger partial charge is 0.468 e. The second-order valence-electron chi connectivity index (χ2n) is 5.41. The van der Waals surface area contributed by atoms with Crippen LogP contribution < -0.4 is 10.1 Å². The Balaban J connectivity index is 1.70. The molecule has 2 aromatic heterocycles. The molecule has 8 heteroatoms. The number of hydrogen-bond donors (Lipinski definition) is 1. The minimum Gasteiger partial charge on any atom is -0.468 e. The van der Waals surface area contributed by atoms with Crippen LogP contribution in [0.25, 0.3) is 11.0 Å². The molecule has 0 radical (unpaired) electrons. The molecule has 0 amide bonds. The van der Waals surface area contributed by atoms with E-state index in [0.29, 0.717) is 12.4 Å². The van der Waals surface area contributed by atoms with Gasteiger partial charge in [0, 0.05) is 18.8 Å². The van der Waals surface area contributed by atoms with E-state index < -0.39 is 12.8 Å². The van der Waals surface area contributed by atoms with E-state index >= 15 is 0 Å². The van der Waals surface area contributed by atoms with Crippen LogP contribution in [0.3, 0.4) is 0 Å². The van der Waals surface area contributed by atoms with E-state index in [1.54, 1.807) is 6.07 Å². The number of para-hydroxylation sites is 2. The number of fused-ring (bicyclic) bond motifs is 1. The summed E-state index contributed by atoms with van der Waals surface area (Å²) in [7, 11) is 0. The zero-order chi connectivity index (χ0) is 17.9. The van der Waals surface area contributed by atoms with Crippen LogP contribution in [0.1, 0.15) is 11.3 Å². The average Bonchev–Trinajstić information content (AvgIpc) is 2.58. The van der Waals surface area contributed by atoms with Crippen LogP contribution in [0, 0.1) is 6.92 Å². The highest BCUT2D eigenvalue weighted by atomic mass is 19.4. The third-order valence-corrected chi connectivity index (χ3v) is 3.39. The van der Waals surface area contributed by atoms with Crippen LogP contribution in [0.5, 0.6) is 5.88 Å². The summed E-state index contributed by atoms with van der Waals surface area (Å²) in [6.45, 7) is 0.830. The van der Waals surface area contributed by atoms with Gasteiger partial charge in [-0.3, -0.25) is 0 Å². The molecule has 25 heavy (non-hydrogen) atoms. The van der Waals surface area contributed by atoms with Crippen LogP contribution >= 0.6 is 0 Å². The van der Waals surface area contributed by atoms with Gasteiger partial charge in [-0.25, -0.2) is 15.0 Å². The van der Waals surface area contributed by atoms with Crippen molar-refractivity contribution in [2.24, 2.45) is 0 Å². The monoisotopic (exact) mass is 348 g/mol. The summed E-state index contributed by atoms with van der Waals surface area (Å²) in [6.07, 6.45) is -2.99. The van der Waals surface area contributed by atoms with E-state index in [2.05, 4.69) is 25.0 Å². The van der Waals surface area contributed by atoms with E-state index in [4.69, 9.17) is 0 Å². The molecule has 0 spiro atoms. The second-order valence-corrected chi connectivity index (χ2v) is 5.41. The second kappa shape index (κ2) is 6.92. The zero-order valence-corrected chi connectivity index (χ0v) is 13.3. The molecule has 130 valence electrons. The molecule has 0 saturated carbocycles. The van der Waals surface area contributed by atoms with Crippen LogP contribution in [-0.2, 0) is 6.54 Å². The highest BCUT2D eigenvalue weighted by molar-refractivity contribution is 5.76. The van der Waals surface area contributed by atoms with Crippen molar-refractivity contribution in [2.75, 3.05) is 11.9 Å². The molecule has 0 unspecified atom stereocenters. The Hall–Kier alpha value is -2.90. The van der Waals surface area contributed by atoms with Gasteiger partial charge in [-0.05, 0) is 30.7 Å². The third kappa shape index (κ3) is 4.56. The average molecular weight is 348 g/mol. The van der Waals surface area contributed by atoms with E-state index in [1.807, 2.05) is 31.2 Å². The standard InChI is InChI=1S/C17H15F3N4O/c1-11-16(24-14-5-3-2-4-13(14)23-11)22-9-12-6-7-21-15(8-12)25-10-17(18,19)20/h2-8H,9-10H2,1H3,(H,22,24). The quantitative estimate of drug-likeness (QED) is 0.758. The van der Waals surface area contributed by atoms with Gasteiger partial charge in [0.2, 0.25) is 5.88 Å². The lowest BCUT2D eigenvalue weighted by Gasteiger charge is -2.11. The number of benzene rings is 1. The number of aryl methyl sites for hydroxylation is 1. The van der Waals surface area contributed by atoms with Gasteiger partial charge >= 0.3 is 6.18 Å². The number of ether oxygens (including phenoxy) is 1. The van der Waals surface area contributed by atoms with Gasteiger partial charge in [0.15, 0.2) is 6.61 Å². The minimum atomic E-state index is -4.40. The smallest absolute Gasteiger partial charge is 0.422 e. The maximum absolute atomic E-state index is 12.2. The molecule has 0 aliphatic heterocycles. The Kier molecular flexibility index (Phi) is 4.69. The molecular weight excluding hydrogens is 333 g/mol. The van der Waals surface area contributed by atoms with Crippen molar-refractivity contribution in [1.29, 1.82) is 0 Å². The first kappa shape index (κ1) is 16.9. The maximum Gasteiger partial charge on any atom is 0.422 e. The minimum absolute atomic E-state index is 0.0713. The first-order valence-electron chi connectivity index (χ1n) is 7.52. The number of alkyl halides is 3. The van der Waals surface area contributed by atoms with Crippen molar-refractivity contribution in [3.05, 3.63) is 53.9 Å². The predicted molar refractivity (Wildman–Crippen MR) is 87.4 cm³/mol. The van der Waals surface area contributed by atoms with Gasteiger partial charge in [-0.1, -0.05) is 12.1 Å². The van der Waals surface area contributed by atoms with Gasteiger partial charge < -0.3 is 10.1 Å². The number of anilines is 1. The number of nitrogens with one attached hydrogen (secondary N) is 1. The molecule has 3 rings (SSSR count). The molecule has 1 aromatic carbocycles. The van der Waals surface area contributed by atoms with Crippen LogP contribution in [0.2, 0.25) is 0 Å². The summed E-state index contributed by atoms with van der Waals surface area (Å²) in [5.41, 5.74) is 3.03. The summed E-state index contributed by atoms with van der Waals surface area (Å²) in [4.78, 5) is 12.8. The summed E-state index contributed by atoms with van der Waals surface area (Å²) >= 11 is 0. The van der Waals surface area contributed by atoms with E-state index in [1.165, 1.54) is 12.3 Å². The fourth-order valence-electron chi connectivity index (χ4n) is 2.24. The topological polar surface area (TPSA) is 59.9 Å². The normalized spacial score (nSPS) is 11.5. The SMILES string of the molecule is Cc1nc2ccccc2nc1NCc1ccnc(OCC(F)(F)F)c1. The molecule has 1 N–H and O–H groups in total. The molecule has 2 heterocycles. The zero-order valence-electron chi connectivity index (χ0n) is 13.3. The molecule has 0 atom stereocenters. The van der Waals surface area contributed by atoms with Gasteiger partial charge in [0.25, 0.3) is 0 Å². The highest BCUT2D eigenvalue weighted by Gasteiger charge is 2.28. The van der Waals surface area contributed by atoms with Crippen molar-refractivity contribution in [2.45, 2.75) is 19.6 Å². The van der Waals surface area contributed by atoms with Gasteiger partial charge in [-0.15, -0.1) is 0 Å². The molecule has 0 saturated heterocycles. The Bertz CT molecular complexity index is 883. The molecule has 0 aliphatic carbocycles. The number of rotatable bonds is 5. The molecule has 0 bridgehead atoms. The third-order valence-electron chi connectivity index (χ3n) is 3.39. The summed E-state index contributed by atoms with van der Waals surface area (Å²) < 4.78 is 41.3. The molecule has 0 aliphatic rings. The van der Waals surface area contributed by atoms with Gasteiger partial charge in [-0.2, -0.15) is 13.2 Å². The first-order chi connectivity index (χ1) is 11.9. The Morgan fingerprint density at radius 2 is 1.80 bits per heavy atom. The fraction of sp³-hybridized carbons (Fsp3) is 0.235. The Labute approximate surface area is 141 Å². The molecule has 0 fully saturated rings. The summed E-state index contributed by atoms with van der Waals surface area (Å²) in [5.74, 6) is 0.547. The fourth-order valence-corrected chi connectivity index (χ4v) is 2.24. The number of hydrogen-bond acceptors (Lipinski definition) is 5. The summed E-state index contributed by atoms with van der Waals surface area (Å²) in [5, 5.41) is 3.14. The summed E-state index contributed by atoms with van der Waals surface area (Å²) in [6, 6.07) is 10.7. The molecule has 5 nitrogen and oxygen atoms in total. The van der Waals surface area contributed by atoms with Crippen LogP contribution in [0.15, 0.2) is 42.6 Å². The van der Waals surface area contributed by atoms with E-state index in [9.17, 15) is 13.2 Å². The van der Waals surface area contributed by atoms with E-state index in [-0.39, 0.29) is 5.88 Å². The lowest BCUT2D eigenvalue weighted by molar-refractivity contribution is -0.154. The van der Waals surface area contributed by atoms with E-state index in [0.717, 1.165) is 22.3 Å². The van der Waals surface area contributed by atoms with Crippen molar-refractivity contribution in [3.8, 4) is 5.88 Å². The number of pyridine rings is 1. The van der Waals surface area contributed by atoms with Crippen molar-refractivity contribution in [1.82, 2.24) is 15.0 Å². The van der Waals surface area contributed by atoms with Crippen LogP contribution in [0.4, 0.5) is 19.0 Å². The first-order valence-corrected chi connectivity index (χ1v) is 7.52. The van der Waals surface area contributed by atoms with Crippen LogP contribution in [-0.4, -0.2) is 27.7 Å². The van der Waals surface area contributed by atoms with Crippen molar-refractivity contribution >= 4 is 16.9 Å². The lowest BCUT2D eigenvalue weighted by atomic mass is 10.2. The molecular formula is C17H15F3N4O. The lowest BCUT2D eigenvalue weighted by Crippen LogP contribution is -2.19. The van der Waals surface area contributed by atoms with Gasteiger partial charge in [0.1, 0.15) is 5.82 Å². The van der Waals surface area contributed by atoms with Crippen molar-refractivity contribution < 1.29 is 17.9 Å². The Morgan fingerprint density at radius 3 is 2.52 bits per heavy atom. The maximum atomic E-state index is 12.2. The number of nitrogens with zero attached hydrogens (tertiary/aromatic N) is 3. The Morgan fingerprint density at radius 1 is 1.08 bits per heavy atom. The molecule has 3 aromatic rings. The number of aromatic nitrogens is 3. The van der Waals surface area contributed by atoms with Crippen molar-refractivity contribution in [3.63, 3.8) is 0 Å². The predicted octanol–water partition coefficient (Wildman–Crippen LogP) is 3.89. The number of halogens is 3. The van der Waals surface area contributed by atoms with Gasteiger partial charge in [0.05, 0.1) is 16.7 Å².